The minimum atomic E-state index is 1.16. The summed E-state index contributed by atoms with van der Waals surface area (Å²) in [4.78, 5) is 1.49. The molecule has 0 atom stereocenters. The molecule has 0 aliphatic carbocycles. The molecule has 0 fully saturated rings. The lowest BCUT2D eigenvalue weighted by Gasteiger charge is -1.96. The van der Waals surface area contributed by atoms with Crippen molar-refractivity contribution in [2.45, 2.75) is 26.3 Å². The first-order valence-electron chi connectivity index (χ1n) is 4.27. The van der Waals surface area contributed by atoms with Gasteiger partial charge in [0.1, 0.15) is 6.54 Å². The Balaban J connectivity index is 2.04. The van der Waals surface area contributed by atoms with Crippen LogP contribution in [-0.2, 0) is 6.54 Å². The van der Waals surface area contributed by atoms with Crippen molar-refractivity contribution >= 4 is 11.3 Å². The second kappa shape index (κ2) is 5.33. The van der Waals surface area contributed by atoms with Gasteiger partial charge in [-0.1, -0.05) is 19.4 Å². The number of nitrogens with two attached hydrogens (primary N) is 1. The van der Waals surface area contributed by atoms with Crippen LogP contribution in [0.5, 0.6) is 0 Å². The van der Waals surface area contributed by atoms with Gasteiger partial charge in [-0.25, -0.2) is 0 Å². The lowest BCUT2D eigenvalue weighted by atomic mass is 10.3. The SMILES string of the molecule is CCCC[NH2+]Cc1cccs1. The average Bonchev–Trinajstić information content (AvgIpc) is 2.50. The molecule has 0 spiro atoms. The minimum Gasteiger partial charge on any atom is -0.342 e. The van der Waals surface area contributed by atoms with Gasteiger partial charge in [-0.2, -0.15) is 0 Å². The van der Waals surface area contributed by atoms with Gasteiger partial charge in [0.25, 0.3) is 0 Å². The Morgan fingerprint density at radius 2 is 2.45 bits per heavy atom. The molecule has 11 heavy (non-hydrogen) atoms. The Bertz CT molecular complexity index is 170. The summed E-state index contributed by atoms with van der Waals surface area (Å²) >= 11 is 1.85. The van der Waals surface area contributed by atoms with E-state index in [1.165, 1.54) is 24.3 Å². The highest BCUT2D eigenvalue weighted by atomic mass is 32.1. The zero-order valence-corrected chi connectivity index (χ0v) is 7.86. The number of unbranched alkanes of at least 4 members (excludes halogenated alkanes) is 1. The monoisotopic (exact) mass is 170 g/mol. The van der Waals surface area contributed by atoms with Crippen molar-refractivity contribution in [3.8, 4) is 0 Å². The Labute approximate surface area is 72.4 Å². The molecular formula is C9H16NS+. The van der Waals surface area contributed by atoms with Gasteiger partial charge in [-0.05, 0) is 17.9 Å². The van der Waals surface area contributed by atoms with Crippen LogP contribution in [0.25, 0.3) is 0 Å². The third kappa shape index (κ3) is 3.54. The predicted octanol–water partition coefficient (Wildman–Crippen LogP) is 1.61. The first kappa shape index (κ1) is 8.75. The maximum Gasteiger partial charge on any atom is 0.111 e. The molecule has 0 bridgehead atoms. The van der Waals surface area contributed by atoms with E-state index in [-0.39, 0.29) is 0 Å². The van der Waals surface area contributed by atoms with Crippen molar-refractivity contribution < 1.29 is 5.32 Å². The van der Waals surface area contributed by atoms with Crippen LogP contribution >= 0.6 is 11.3 Å². The van der Waals surface area contributed by atoms with E-state index in [4.69, 9.17) is 0 Å². The average molecular weight is 170 g/mol. The van der Waals surface area contributed by atoms with Crippen molar-refractivity contribution in [3.05, 3.63) is 22.4 Å². The topological polar surface area (TPSA) is 16.6 Å². The Hall–Kier alpha value is -0.340. The molecule has 0 saturated carbocycles. The summed E-state index contributed by atoms with van der Waals surface area (Å²) in [6, 6.07) is 4.32. The van der Waals surface area contributed by atoms with E-state index in [0.29, 0.717) is 0 Å². The summed E-state index contributed by atoms with van der Waals surface area (Å²) in [7, 11) is 0. The van der Waals surface area contributed by atoms with E-state index in [1.807, 2.05) is 11.3 Å². The van der Waals surface area contributed by atoms with Crippen LogP contribution in [0.4, 0.5) is 0 Å². The molecule has 0 aliphatic heterocycles. The Morgan fingerprint density at radius 1 is 1.55 bits per heavy atom. The Kier molecular flexibility index (Phi) is 4.24. The molecule has 0 saturated heterocycles. The fourth-order valence-electron chi connectivity index (χ4n) is 1.02. The van der Waals surface area contributed by atoms with E-state index in [2.05, 4.69) is 29.8 Å². The normalized spacial score (nSPS) is 10.3. The molecule has 0 amide bonds. The summed E-state index contributed by atoms with van der Waals surface area (Å²) in [5.41, 5.74) is 0. The molecule has 62 valence electrons. The second-order valence-corrected chi connectivity index (χ2v) is 3.75. The van der Waals surface area contributed by atoms with Crippen LogP contribution in [0.2, 0.25) is 0 Å². The largest absolute Gasteiger partial charge is 0.342 e. The lowest BCUT2D eigenvalue weighted by Crippen LogP contribution is -2.82. The van der Waals surface area contributed by atoms with Crippen LogP contribution in [0.3, 0.4) is 0 Å². The molecule has 2 N–H and O–H groups in total. The molecule has 1 nitrogen and oxygen atoms in total. The number of rotatable bonds is 5. The van der Waals surface area contributed by atoms with Crippen molar-refractivity contribution in [2.24, 2.45) is 0 Å². The van der Waals surface area contributed by atoms with E-state index in [0.717, 1.165) is 6.54 Å². The van der Waals surface area contributed by atoms with Crippen LogP contribution in [0, 0.1) is 0 Å². The molecule has 0 aromatic carbocycles. The highest BCUT2D eigenvalue weighted by Crippen LogP contribution is 2.05. The summed E-state index contributed by atoms with van der Waals surface area (Å²) in [6.07, 6.45) is 2.65. The van der Waals surface area contributed by atoms with E-state index >= 15 is 0 Å². The number of quaternary nitrogens is 1. The first-order chi connectivity index (χ1) is 5.43. The van der Waals surface area contributed by atoms with Gasteiger partial charge >= 0.3 is 0 Å². The zero-order chi connectivity index (χ0) is 7.94. The van der Waals surface area contributed by atoms with E-state index < -0.39 is 0 Å². The molecule has 2 heteroatoms. The van der Waals surface area contributed by atoms with Gasteiger partial charge in [0.05, 0.1) is 11.4 Å². The molecule has 1 aromatic heterocycles. The molecule has 0 unspecified atom stereocenters. The van der Waals surface area contributed by atoms with E-state index in [9.17, 15) is 0 Å². The zero-order valence-electron chi connectivity index (χ0n) is 7.05. The Morgan fingerprint density at radius 3 is 3.09 bits per heavy atom. The third-order valence-electron chi connectivity index (χ3n) is 1.69. The summed E-state index contributed by atoms with van der Waals surface area (Å²) < 4.78 is 0. The van der Waals surface area contributed by atoms with Crippen molar-refractivity contribution in [1.82, 2.24) is 0 Å². The van der Waals surface area contributed by atoms with Crippen LogP contribution in [0.15, 0.2) is 17.5 Å². The van der Waals surface area contributed by atoms with Crippen LogP contribution in [-0.4, -0.2) is 6.54 Å². The summed E-state index contributed by atoms with van der Waals surface area (Å²) in [5.74, 6) is 0. The van der Waals surface area contributed by atoms with E-state index in [1.54, 1.807) is 0 Å². The molecule has 1 aromatic rings. The van der Waals surface area contributed by atoms with Gasteiger partial charge < -0.3 is 5.32 Å². The number of thiophene rings is 1. The molecule has 0 radical (unpaired) electrons. The quantitative estimate of drug-likeness (QED) is 0.647. The maximum absolute atomic E-state index is 2.38. The highest BCUT2D eigenvalue weighted by Gasteiger charge is 1.93. The standard InChI is InChI=1S/C9H15NS/c1-2-3-6-10-8-9-5-4-7-11-9/h4-5,7,10H,2-3,6,8H2,1H3/p+1. The van der Waals surface area contributed by atoms with Gasteiger partial charge in [0.2, 0.25) is 0 Å². The fourth-order valence-corrected chi connectivity index (χ4v) is 1.72. The maximum atomic E-state index is 2.38. The van der Waals surface area contributed by atoms with Crippen molar-refractivity contribution in [1.29, 1.82) is 0 Å². The number of hydrogen-bond donors (Lipinski definition) is 1. The molecule has 1 heterocycles. The second-order valence-electron chi connectivity index (χ2n) is 2.71. The molecule has 1 rings (SSSR count). The molecular weight excluding hydrogens is 154 g/mol. The first-order valence-corrected chi connectivity index (χ1v) is 5.15. The number of hydrogen-bond acceptors (Lipinski definition) is 1. The minimum absolute atomic E-state index is 1.16. The van der Waals surface area contributed by atoms with Gasteiger partial charge in [0.15, 0.2) is 0 Å². The van der Waals surface area contributed by atoms with Gasteiger partial charge in [-0.15, -0.1) is 11.3 Å². The summed E-state index contributed by atoms with van der Waals surface area (Å²) in [6.45, 7) is 4.67. The van der Waals surface area contributed by atoms with Crippen molar-refractivity contribution in [3.63, 3.8) is 0 Å². The lowest BCUT2D eigenvalue weighted by molar-refractivity contribution is -0.670. The highest BCUT2D eigenvalue weighted by molar-refractivity contribution is 7.09. The van der Waals surface area contributed by atoms with Crippen molar-refractivity contribution in [2.75, 3.05) is 6.54 Å². The fraction of sp³-hybridized carbons (Fsp3) is 0.556. The predicted molar refractivity (Wildman–Crippen MR) is 49.7 cm³/mol. The summed E-state index contributed by atoms with van der Waals surface area (Å²) in [5, 5.41) is 4.53. The van der Waals surface area contributed by atoms with Crippen LogP contribution < -0.4 is 5.32 Å². The smallest absolute Gasteiger partial charge is 0.111 e. The van der Waals surface area contributed by atoms with Gasteiger partial charge in [0, 0.05) is 0 Å². The van der Waals surface area contributed by atoms with Gasteiger partial charge in [-0.3, -0.25) is 0 Å². The third-order valence-corrected chi connectivity index (χ3v) is 2.59. The van der Waals surface area contributed by atoms with Crippen LogP contribution in [0.1, 0.15) is 24.6 Å². The molecule has 0 aliphatic rings.